The number of nitrogens with zero attached hydrogens (tertiary/aromatic N) is 3. The lowest BCUT2D eigenvalue weighted by molar-refractivity contribution is 0.352. The van der Waals surface area contributed by atoms with Gasteiger partial charge in [0.2, 0.25) is 5.95 Å². The molecule has 1 aliphatic carbocycles. The molecule has 2 aromatic carbocycles. The summed E-state index contributed by atoms with van der Waals surface area (Å²) in [6.07, 6.45) is 4.24. The van der Waals surface area contributed by atoms with Gasteiger partial charge < -0.3 is 15.5 Å². The second-order valence-corrected chi connectivity index (χ2v) is 8.51. The fraction of sp³-hybridized carbons (Fsp3) is 0.391. The molecule has 3 aromatic rings. The summed E-state index contributed by atoms with van der Waals surface area (Å²) in [5.74, 6) is 1.24. The van der Waals surface area contributed by atoms with Gasteiger partial charge in [0.15, 0.2) is 0 Å². The smallest absolute Gasteiger partial charge is 0.225 e. The summed E-state index contributed by atoms with van der Waals surface area (Å²) >= 11 is 5.87. The number of fused-ring (bicyclic) bond motifs is 1. The quantitative estimate of drug-likeness (QED) is 0.579. The number of anilines is 2. The van der Waals surface area contributed by atoms with Crippen molar-refractivity contribution in [3.63, 3.8) is 0 Å². The number of benzene rings is 2. The summed E-state index contributed by atoms with van der Waals surface area (Å²) in [7, 11) is 4.01. The van der Waals surface area contributed by atoms with Gasteiger partial charge >= 0.3 is 0 Å². The van der Waals surface area contributed by atoms with Crippen LogP contribution in [0.2, 0.25) is 5.02 Å². The summed E-state index contributed by atoms with van der Waals surface area (Å²) in [5, 5.41) is 8.34. The summed E-state index contributed by atoms with van der Waals surface area (Å²) < 4.78 is 13.3. The molecule has 30 heavy (non-hydrogen) atoms. The monoisotopic (exact) mass is 427 g/mol. The Labute approximate surface area is 181 Å². The Morgan fingerprint density at radius 3 is 2.50 bits per heavy atom. The first kappa shape index (κ1) is 20.8. The molecule has 0 amide bonds. The Morgan fingerprint density at radius 1 is 1.03 bits per heavy atom. The molecule has 0 aliphatic heterocycles. The molecule has 0 radical (unpaired) electrons. The van der Waals surface area contributed by atoms with Crippen LogP contribution in [0, 0.1) is 5.82 Å². The second-order valence-electron chi connectivity index (χ2n) is 8.10. The maximum atomic E-state index is 13.3. The van der Waals surface area contributed by atoms with Gasteiger partial charge in [-0.1, -0.05) is 29.8 Å². The van der Waals surface area contributed by atoms with E-state index in [9.17, 15) is 4.39 Å². The average Bonchev–Trinajstić information content (AvgIpc) is 2.75. The number of halogens is 2. The van der Waals surface area contributed by atoms with Crippen LogP contribution < -0.4 is 15.5 Å². The number of para-hydroxylation sites is 1. The van der Waals surface area contributed by atoms with E-state index in [4.69, 9.17) is 21.6 Å². The third-order valence-corrected chi connectivity index (χ3v) is 5.94. The van der Waals surface area contributed by atoms with Crippen LogP contribution in [-0.4, -0.2) is 36.1 Å². The lowest BCUT2D eigenvalue weighted by Gasteiger charge is -2.30. The zero-order chi connectivity index (χ0) is 21.1. The number of nitrogens with one attached hydrogen (secondary N) is 2. The van der Waals surface area contributed by atoms with Crippen LogP contribution in [0.3, 0.4) is 0 Å². The highest BCUT2D eigenvalue weighted by Crippen LogP contribution is 2.26. The van der Waals surface area contributed by atoms with Crippen LogP contribution >= 0.6 is 11.6 Å². The molecule has 0 spiro atoms. The molecule has 1 fully saturated rings. The molecule has 1 aliphatic rings. The van der Waals surface area contributed by atoms with E-state index in [0.29, 0.717) is 24.6 Å². The highest BCUT2D eigenvalue weighted by molar-refractivity contribution is 6.30. The molecular formula is C23H27ClFN5. The van der Waals surface area contributed by atoms with Crippen LogP contribution in [-0.2, 0) is 6.54 Å². The number of rotatable bonds is 6. The lowest BCUT2D eigenvalue weighted by atomic mass is 9.91. The zero-order valence-electron chi connectivity index (χ0n) is 17.3. The molecule has 0 unspecified atom stereocenters. The summed E-state index contributed by atoms with van der Waals surface area (Å²) in [6, 6.07) is 13.8. The van der Waals surface area contributed by atoms with E-state index in [2.05, 4.69) is 16.7 Å². The highest BCUT2D eigenvalue weighted by atomic mass is 35.5. The van der Waals surface area contributed by atoms with E-state index in [-0.39, 0.29) is 10.8 Å². The molecule has 1 saturated carbocycles. The molecule has 2 N–H and O–H groups in total. The van der Waals surface area contributed by atoms with Crippen molar-refractivity contribution in [3.8, 4) is 0 Å². The van der Waals surface area contributed by atoms with Crippen molar-refractivity contribution < 1.29 is 4.39 Å². The Bertz CT molecular complexity index is 1020. The van der Waals surface area contributed by atoms with E-state index >= 15 is 0 Å². The maximum absolute atomic E-state index is 13.3. The fourth-order valence-electron chi connectivity index (χ4n) is 4.00. The third-order valence-electron chi connectivity index (χ3n) is 5.65. The summed E-state index contributed by atoms with van der Waals surface area (Å²) in [4.78, 5) is 11.5. The molecular weight excluding hydrogens is 401 g/mol. The lowest BCUT2D eigenvalue weighted by Crippen LogP contribution is -2.37. The topological polar surface area (TPSA) is 53.1 Å². The van der Waals surface area contributed by atoms with Gasteiger partial charge in [-0.05, 0) is 55.5 Å². The Hall–Kier alpha value is -2.44. The molecule has 5 nitrogen and oxygen atoms in total. The van der Waals surface area contributed by atoms with Gasteiger partial charge in [-0.2, -0.15) is 4.98 Å². The van der Waals surface area contributed by atoms with Gasteiger partial charge in [-0.25, -0.2) is 9.37 Å². The van der Waals surface area contributed by atoms with Crippen molar-refractivity contribution in [1.82, 2.24) is 15.3 Å². The molecule has 158 valence electrons. The molecule has 7 heteroatoms. The Kier molecular flexibility index (Phi) is 6.35. The van der Waals surface area contributed by atoms with Crippen molar-refractivity contribution >= 4 is 34.3 Å². The molecule has 1 heterocycles. The number of hydrogen-bond acceptors (Lipinski definition) is 5. The third kappa shape index (κ3) is 4.82. The van der Waals surface area contributed by atoms with Crippen LogP contribution in [0.25, 0.3) is 10.9 Å². The summed E-state index contributed by atoms with van der Waals surface area (Å²) in [6.45, 7) is 0.697. The first-order valence-corrected chi connectivity index (χ1v) is 10.8. The van der Waals surface area contributed by atoms with Gasteiger partial charge in [0.25, 0.3) is 0 Å². The molecule has 1 aromatic heterocycles. The predicted molar refractivity (Wildman–Crippen MR) is 122 cm³/mol. The van der Waals surface area contributed by atoms with Crippen LogP contribution in [0.15, 0.2) is 42.5 Å². The minimum atomic E-state index is -0.375. The van der Waals surface area contributed by atoms with E-state index in [1.165, 1.54) is 6.07 Å². The molecule has 4 rings (SSSR count). The largest absolute Gasteiger partial charge is 0.362 e. The molecule has 0 bridgehead atoms. The average molecular weight is 428 g/mol. The molecule has 0 atom stereocenters. The van der Waals surface area contributed by atoms with Crippen molar-refractivity contribution in [2.75, 3.05) is 24.3 Å². The normalized spacial score (nSPS) is 19.1. The van der Waals surface area contributed by atoms with Gasteiger partial charge in [0.05, 0.1) is 10.5 Å². The van der Waals surface area contributed by atoms with Crippen molar-refractivity contribution in [1.29, 1.82) is 0 Å². The van der Waals surface area contributed by atoms with Crippen LogP contribution in [0.5, 0.6) is 0 Å². The molecule has 0 saturated heterocycles. The van der Waals surface area contributed by atoms with Crippen molar-refractivity contribution in [2.45, 2.75) is 44.3 Å². The van der Waals surface area contributed by atoms with Crippen molar-refractivity contribution in [2.24, 2.45) is 0 Å². The number of hydrogen-bond donors (Lipinski definition) is 2. The first-order valence-electron chi connectivity index (χ1n) is 10.4. The summed E-state index contributed by atoms with van der Waals surface area (Å²) in [5.41, 5.74) is 1.95. The first-order chi connectivity index (χ1) is 14.5. The minimum Gasteiger partial charge on any atom is -0.362 e. The fourth-order valence-corrected chi connectivity index (χ4v) is 4.20. The maximum Gasteiger partial charge on any atom is 0.225 e. The van der Waals surface area contributed by atoms with Crippen LogP contribution in [0.4, 0.5) is 16.2 Å². The van der Waals surface area contributed by atoms with E-state index in [1.807, 2.05) is 37.2 Å². The Balaban J connectivity index is 1.34. The van der Waals surface area contributed by atoms with Gasteiger partial charge in [-0.15, -0.1) is 0 Å². The van der Waals surface area contributed by atoms with E-state index in [1.54, 1.807) is 12.1 Å². The van der Waals surface area contributed by atoms with Gasteiger partial charge in [0, 0.05) is 38.1 Å². The van der Waals surface area contributed by atoms with Gasteiger partial charge in [-0.3, -0.25) is 0 Å². The SMILES string of the molecule is CN(C)c1nc(NC2CCC(NCc3ccc(F)c(Cl)c3)CC2)nc2ccccc12. The highest BCUT2D eigenvalue weighted by Gasteiger charge is 2.22. The minimum absolute atomic E-state index is 0.176. The zero-order valence-corrected chi connectivity index (χ0v) is 18.1. The van der Waals surface area contributed by atoms with Crippen molar-refractivity contribution in [3.05, 3.63) is 58.9 Å². The van der Waals surface area contributed by atoms with Gasteiger partial charge in [0.1, 0.15) is 11.6 Å². The number of aromatic nitrogens is 2. The second kappa shape index (κ2) is 9.14. The van der Waals surface area contributed by atoms with Crippen LogP contribution in [0.1, 0.15) is 31.2 Å². The Morgan fingerprint density at radius 2 is 1.77 bits per heavy atom. The standard InChI is InChI=1S/C23H27ClFN5/c1-30(2)22-18-5-3-4-6-21(18)28-23(29-22)27-17-10-8-16(9-11-17)26-14-15-7-12-20(25)19(24)13-15/h3-7,12-13,16-17,26H,8-11,14H2,1-2H3,(H,27,28,29). The van der Waals surface area contributed by atoms with E-state index < -0.39 is 0 Å². The van der Waals surface area contributed by atoms with E-state index in [0.717, 1.165) is 48.0 Å². The predicted octanol–water partition coefficient (Wildman–Crippen LogP) is 5.00.